The fraction of sp³-hybridized carbons (Fsp3) is 0.909. The van der Waals surface area contributed by atoms with Crippen LogP contribution in [0.5, 0.6) is 0 Å². The topological polar surface area (TPSA) is 64.3 Å². The third kappa shape index (κ3) is 2.28. The Labute approximate surface area is 111 Å². The van der Waals surface area contributed by atoms with Gasteiger partial charge in [0.15, 0.2) is 0 Å². The molecule has 2 aliphatic rings. The molecule has 18 heavy (non-hydrogen) atoms. The number of rotatable bonds is 1. The first-order chi connectivity index (χ1) is 7.58. The summed E-state index contributed by atoms with van der Waals surface area (Å²) >= 11 is 0. The highest BCUT2D eigenvalue weighted by Gasteiger charge is 2.84. The van der Waals surface area contributed by atoms with Crippen LogP contribution in [0.4, 0.5) is 13.6 Å². The Bertz CT molecular complexity index is 351. The number of nitrogens with two attached hydrogens (primary N) is 1. The Morgan fingerprint density at radius 2 is 1.89 bits per heavy atom. The fourth-order valence-corrected chi connectivity index (χ4v) is 2.55. The summed E-state index contributed by atoms with van der Waals surface area (Å²) < 4.78 is 32.0. The van der Waals surface area contributed by atoms with E-state index >= 15 is 0 Å². The molecule has 1 atom stereocenters. The van der Waals surface area contributed by atoms with Gasteiger partial charge in [-0.3, -0.25) is 0 Å². The van der Waals surface area contributed by atoms with Crippen molar-refractivity contribution in [1.82, 2.24) is 5.32 Å². The monoisotopic (exact) mass is 284 g/mol. The molecule has 0 radical (unpaired) electrons. The summed E-state index contributed by atoms with van der Waals surface area (Å²) in [5.41, 5.74) is 3.74. The van der Waals surface area contributed by atoms with Gasteiger partial charge in [-0.1, -0.05) is 0 Å². The zero-order chi connectivity index (χ0) is 13.1. The zero-order valence-electron chi connectivity index (χ0n) is 10.6. The first kappa shape index (κ1) is 15.4. The standard InChI is InChI=1S/C11H18F2N2O2.ClH/c1-9(2,3)17-8(16)15-7-10(11(7,12)13)4-6(14)5-10;/h6-7H,4-5,14H2,1-3H3,(H,15,16);1H. The Kier molecular flexibility index (Phi) is 3.60. The average Bonchev–Trinajstić information content (AvgIpc) is 2.47. The van der Waals surface area contributed by atoms with E-state index in [9.17, 15) is 13.6 Å². The van der Waals surface area contributed by atoms with Crippen molar-refractivity contribution in [2.24, 2.45) is 11.1 Å². The van der Waals surface area contributed by atoms with E-state index < -0.39 is 29.1 Å². The van der Waals surface area contributed by atoms with Gasteiger partial charge >= 0.3 is 6.09 Å². The molecule has 3 N–H and O–H groups in total. The van der Waals surface area contributed by atoms with Crippen molar-refractivity contribution in [3.63, 3.8) is 0 Å². The molecule has 0 heterocycles. The number of hydrogen-bond donors (Lipinski definition) is 2. The van der Waals surface area contributed by atoms with Gasteiger partial charge in [0.2, 0.25) is 0 Å². The van der Waals surface area contributed by atoms with Gasteiger partial charge < -0.3 is 15.8 Å². The SMILES string of the molecule is CC(C)(C)OC(=O)NC1C(F)(F)C12CC(N)C2.Cl. The Hall–Kier alpha value is -0.620. The third-order valence-electron chi connectivity index (χ3n) is 3.41. The van der Waals surface area contributed by atoms with Crippen molar-refractivity contribution in [2.45, 2.75) is 57.2 Å². The molecule has 1 amide bonds. The number of hydrogen-bond acceptors (Lipinski definition) is 3. The summed E-state index contributed by atoms with van der Waals surface area (Å²) in [6, 6.07) is -1.30. The van der Waals surface area contributed by atoms with Crippen LogP contribution in [0.2, 0.25) is 0 Å². The van der Waals surface area contributed by atoms with Crippen molar-refractivity contribution in [3.05, 3.63) is 0 Å². The summed E-state index contributed by atoms with van der Waals surface area (Å²) in [5.74, 6) is -2.85. The number of halogens is 3. The lowest BCUT2D eigenvalue weighted by molar-refractivity contribution is 0.0196. The molecule has 4 nitrogen and oxygen atoms in total. The normalized spacial score (nSPS) is 36.3. The summed E-state index contributed by atoms with van der Waals surface area (Å²) in [6.45, 7) is 5.06. The van der Waals surface area contributed by atoms with Crippen molar-refractivity contribution < 1.29 is 18.3 Å². The van der Waals surface area contributed by atoms with Crippen LogP contribution in [0.1, 0.15) is 33.6 Å². The zero-order valence-corrected chi connectivity index (χ0v) is 11.4. The first-order valence-corrected chi connectivity index (χ1v) is 5.71. The molecule has 1 unspecified atom stereocenters. The number of amides is 1. The Balaban J connectivity index is 0.00000162. The van der Waals surface area contributed by atoms with Crippen LogP contribution in [0.25, 0.3) is 0 Å². The maximum Gasteiger partial charge on any atom is 0.408 e. The molecule has 2 fully saturated rings. The maximum atomic E-state index is 13.5. The van der Waals surface area contributed by atoms with Gasteiger partial charge in [-0.25, -0.2) is 13.6 Å². The molecule has 106 valence electrons. The van der Waals surface area contributed by atoms with Crippen LogP contribution in [-0.2, 0) is 4.74 Å². The quantitative estimate of drug-likeness (QED) is 0.775. The molecular formula is C11H19ClF2N2O2. The Morgan fingerprint density at radius 1 is 1.39 bits per heavy atom. The molecule has 0 aliphatic heterocycles. The molecule has 2 aliphatic carbocycles. The molecule has 1 spiro atoms. The van der Waals surface area contributed by atoms with Crippen LogP contribution < -0.4 is 11.1 Å². The molecule has 0 aromatic rings. The second-order valence-electron chi connectivity index (χ2n) is 6.03. The van der Waals surface area contributed by atoms with E-state index in [0.29, 0.717) is 0 Å². The summed E-state index contributed by atoms with van der Waals surface area (Å²) in [5, 5.41) is 2.25. The van der Waals surface area contributed by atoms with E-state index in [4.69, 9.17) is 10.5 Å². The van der Waals surface area contributed by atoms with Crippen molar-refractivity contribution >= 4 is 18.5 Å². The predicted molar refractivity (Wildman–Crippen MR) is 65.0 cm³/mol. The average molecular weight is 285 g/mol. The van der Waals surface area contributed by atoms with E-state index in [1.165, 1.54) is 0 Å². The highest BCUT2D eigenvalue weighted by Crippen LogP contribution is 2.70. The van der Waals surface area contributed by atoms with Gasteiger partial charge in [0.1, 0.15) is 11.6 Å². The minimum atomic E-state index is -2.85. The van der Waals surface area contributed by atoms with Crippen LogP contribution in [0.3, 0.4) is 0 Å². The lowest BCUT2D eigenvalue weighted by Crippen LogP contribution is -2.44. The Morgan fingerprint density at radius 3 is 2.28 bits per heavy atom. The van der Waals surface area contributed by atoms with Gasteiger partial charge in [-0.2, -0.15) is 0 Å². The van der Waals surface area contributed by atoms with Gasteiger partial charge in [0, 0.05) is 6.04 Å². The van der Waals surface area contributed by atoms with Crippen LogP contribution in [-0.4, -0.2) is 29.7 Å². The number of alkyl carbamates (subject to hydrolysis) is 1. The van der Waals surface area contributed by atoms with E-state index in [1.807, 2.05) is 0 Å². The molecule has 0 aromatic carbocycles. The van der Waals surface area contributed by atoms with Crippen LogP contribution in [0, 0.1) is 5.41 Å². The minimum absolute atomic E-state index is 0. The van der Waals surface area contributed by atoms with E-state index in [1.54, 1.807) is 20.8 Å². The van der Waals surface area contributed by atoms with Gasteiger partial charge in [0.05, 0.1) is 5.41 Å². The number of ether oxygens (including phenoxy) is 1. The minimum Gasteiger partial charge on any atom is -0.444 e. The second-order valence-corrected chi connectivity index (χ2v) is 6.03. The van der Waals surface area contributed by atoms with Crippen molar-refractivity contribution in [1.29, 1.82) is 0 Å². The number of carbonyl (C=O) groups excluding carboxylic acids is 1. The van der Waals surface area contributed by atoms with Crippen LogP contribution in [0.15, 0.2) is 0 Å². The molecule has 0 aromatic heterocycles. The molecular weight excluding hydrogens is 266 g/mol. The number of nitrogens with one attached hydrogen (secondary N) is 1. The third-order valence-corrected chi connectivity index (χ3v) is 3.41. The summed E-state index contributed by atoms with van der Waals surface area (Å²) in [4.78, 5) is 11.4. The molecule has 0 saturated heterocycles. The molecule has 2 saturated carbocycles. The van der Waals surface area contributed by atoms with E-state index in [2.05, 4.69) is 5.32 Å². The smallest absolute Gasteiger partial charge is 0.408 e. The molecule has 0 bridgehead atoms. The molecule has 7 heteroatoms. The van der Waals surface area contributed by atoms with Crippen LogP contribution >= 0.6 is 12.4 Å². The summed E-state index contributed by atoms with van der Waals surface area (Å²) in [6.07, 6.45) is -0.263. The lowest BCUT2D eigenvalue weighted by Gasteiger charge is -2.33. The maximum absolute atomic E-state index is 13.5. The van der Waals surface area contributed by atoms with Crippen molar-refractivity contribution in [3.8, 4) is 0 Å². The van der Waals surface area contributed by atoms with Gasteiger partial charge in [0.25, 0.3) is 5.92 Å². The van der Waals surface area contributed by atoms with E-state index in [-0.39, 0.29) is 31.3 Å². The van der Waals surface area contributed by atoms with Crippen molar-refractivity contribution in [2.75, 3.05) is 0 Å². The van der Waals surface area contributed by atoms with Gasteiger partial charge in [-0.05, 0) is 33.6 Å². The highest BCUT2D eigenvalue weighted by atomic mass is 35.5. The van der Waals surface area contributed by atoms with Gasteiger partial charge in [-0.15, -0.1) is 12.4 Å². The van der Waals surface area contributed by atoms with E-state index in [0.717, 1.165) is 0 Å². The molecule has 2 rings (SSSR count). The second kappa shape index (κ2) is 4.20. The lowest BCUT2D eigenvalue weighted by atomic mass is 9.76. The predicted octanol–water partition coefficient (Wildman–Crippen LogP) is 2.06. The number of alkyl halides is 2. The largest absolute Gasteiger partial charge is 0.444 e. The summed E-state index contributed by atoms with van der Waals surface area (Å²) in [7, 11) is 0. The fourth-order valence-electron chi connectivity index (χ4n) is 2.55. The number of carbonyl (C=O) groups is 1. The first-order valence-electron chi connectivity index (χ1n) is 5.71. The highest BCUT2D eigenvalue weighted by molar-refractivity contribution is 5.85.